The predicted molar refractivity (Wildman–Crippen MR) is 48.5 cm³/mol. The van der Waals surface area contributed by atoms with Gasteiger partial charge in [0.25, 0.3) is 6.57 Å². The highest BCUT2D eigenvalue weighted by atomic mass is 32.7. The van der Waals surface area contributed by atoms with Crippen molar-refractivity contribution in [2.24, 2.45) is 5.73 Å². The molecular formula is C5H12NO4PS. The first-order chi connectivity index (χ1) is 5.25. The molecule has 0 fully saturated rings. The molecule has 4 N–H and O–H groups in total. The molecule has 12 heavy (non-hydrogen) atoms. The van der Waals surface area contributed by atoms with Crippen LogP contribution in [0, 0.1) is 0 Å². The summed E-state index contributed by atoms with van der Waals surface area (Å²) >= 11 is 3.46. The lowest BCUT2D eigenvalue weighted by molar-refractivity contribution is -0.138. The quantitative estimate of drug-likeness (QED) is 0.397. The van der Waals surface area contributed by atoms with Gasteiger partial charge in [-0.2, -0.15) is 0 Å². The number of aliphatic carboxylic acids is 1. The van der Waals surface area contributed by atoms with Gasteiger partial charge in [0.15, 0.2) is 0 Å². The van der Waals surface area contributed by atoms with Gasteiger partial charge in [-0.15, -0.1) is 0 Å². The monoisotopic (exact) mass is 213 g/mol. The van der Waals surface area contributed by atoms with E-state index in [-0.39, 0.29) is 6.42 Å². The van der Waals surface area contributed by atoms with Crippen LogP contribution in [0.3, 0.4) is 0 Å². The Morgan fingerprint density at radius 2 is 2.17 bits per heavy atom. The third-order valence-electron chi connectivity index (χ3n) is 1.49. The van der Waals surface area contributed by atoms with E-state index in [9.17, 15) is 9.36 Å². The highest BCUT2D eigenvalue weighted by Crippen LogP contribution is 2.52. The second-order valence-corrected chi connectivity index (χ2v) is 6.40. The summed E-state index contributed by atoms with van der Waals surface area (Å²) in [6, 6.07) is -1.10. The Morgan fingerprint density at radius 3 is 2.42 bits per heavy atom. The molecule has 0 rings (SSSR count). The summed E-state index contributed by atoms with van der Waals surface area (Å²) in [7, 11) is 0. The van der Waals surface area contributed by atoms with E-state index in [1.54, 1.807) is 0 Å². The standard InChI is InChI=1S/C5H12NO4PS/c1-3(11(9,10)12)2-4(6)5(7)8/h3-4H,2,6H2,1H3,(H,7,8)(H2,9,10,12). The smallest absolute Gasteiger partial charge is 0.320 e. The van der Waals surface area contributed by atoms with Crippen LogP contribution < -0.4 is 5.73 Å². The van der Waals surface area contributed by atoms with Crippen LogP contribution in [0.25, 0.3) is 0 Å². The zero-order valence-electron chi connectivity index (χ0n) is 6.54. The van der Waals surface area contributed by atoms with Crippen LogP contribution in [-0.4, -0.2) is 27.7 Å². The Morgan fingerprint density at radius 1 is 1.75 bits per heavy atom. The fraction of sp³-hybridized carbons (Fsp3) is 0.800. The lowest BCUT2D eigenvalue weighted by atomic mass is 10.2. The molecule has 0 aromatic rings. The van der Waals surface area contributed by atoms with Gasteiger partial charge in [-0.3, -0.25) is 9.36 Å². The molecule has 7 heteroatoms. The molecule has 0 aliphatic rings. The molecule has 0 aliphatic carbocycles. The summed E-state index contributed by atoms with van der Waals surface area (Å²) in [5.41, 5.74) is 4.45. The third kappa shape index (κ3) is 4.11. The normalized spacial score (nSPS) is 21.0. The van der Waals surface area contributed by atoms with Crippen LogP contribution in [-0.2, 0) is 9.36 Å². The zero-order chi connectivity index (χ0) is 9.94. The van der Waals surface area contributed by atoms with E-state index in [4.69, 9.17) is 15.7 Å². The van der Waals surface area contributed by atoms with Crippen LogP contribution in [0.2, 0.25) is 0 Å². The number of carboxylic acid groups (broad SMARTS) is 1. The van der Waals surface area contributed by atoms with Gasteiger partial charge in [-0.05, 0) is 6.42 Å². The summed E-state index contributed by atoms with van der Waals surface area (Å²) in [5.74, 6) is -1.18. The number of nitrogens with two attached hydrogens (primary N) is 1. The van der Waals surface area contributed by atoms with E-state index in [0.29, 0.717) is 0 Å². The third-order valence-corrected chi connectivity index (χ3v) is 4.03. The molecule has 5 nitrogen and oxygen atoms in total. The number of carboxylic acids is 1. The van der Waals surface area contributed by atoms with Gasteiger partial charge in [0.1, 0.15) is 6.04 Å². The molecule has 0 aliphatic heterocycles. The van der Waals surface area contributed by atoms with Gasteiger partial charge in [-0.1, -0.05) is 19.2 Å². The maximum absolute atomic E-state index is 10.8. The number of hydrogen-bond acceptors (Lipinski definition) is 3. The molecule has 0 aromatic heterocycles. The highest BCUT2D eigenvalue weighted by Gasteiger charge is 2.26. The topological polar surface area (TPSA) is 101 Å². The number of hydrogen-bond donors (Lipinski definition) is 4. The molecule has 0 bridgehead atoms. The summed E-state index contributed by atoms with van der Waals surface area (Å²) in [4.78, 5) is 19.1. The van der Waals surface area contributed by atoms with E-state index < -0.39 is 24.2 Å². The van der Waals surface area contributed by atoms with Crippen molar-refractivity contribution >= 4 is 24.8 Å². The van der Waals surface area contributed by atoms with E-state index in [0.717, 1.165) is 0 Å². The first-order valence-electron chi connectivity index (χ1n) is 3.28. The number of thiol groups is 1. The van der Waals surface area contributed by atoms with Crippen LogP contribution in [0.4, 0.5) is 0 Å². The first-order valence-corrected chi connectivity index (χ1v) is 6.17. The van der Waals surface area contributed by atoms with Gasteiger partial charge in [0, 0.05) is 5.66 Å². The lowest BCUT2D eigenvalue weighted by Crippen LogP contribution is -2.32. The van der Waals surface area contributed by atoms with Crippen molar-refractivity contribution in [3.63, 3.8) is 0 Å². The number of carbonyl (C=O) groups is 1. The van der Waals surface area contributed by atoms with Crippen molar-refractivity contribution in [3.05, 3.63) is 0 Å². The van der Waals surface area contributed by atoms with Crippen molar-refractivity contribution < 1.29 is 19.4 Å². The highest BCUT2D eigenvalue weighted by molar-refractivity contribution is 8.46. The molecular weight excluding hydrogens is 201 g/mol. The molecule has 0 saturated carbocycles. The minimum Gasteiger partial charge on any atom is -0.480 e. The van der Waals surface area contributed by atoms with Crippen molar-refractivity contribution in [2.45, 2.75) is 25.0 Å². The Kier molecular flexibility index (Phi) is 4.26. The van der Waals surface area contributed by atoms with E-state index in [1.165, 1.54) is 6.92 Å². The minimum absolute atomic E-state index is 0.0490. The Balaban J connectivity index is 4.11. The molecule has 0 aromatic carbocycles. The van der Waals surface area contributed by atoms with E-state index >= 15 is 0 Å². The van der Waals surface area contributed by atoms with Crippen LogP contribution >= 0.6 is 18.8 Å². The van der Waals surface area contributed by atoms with Gasteiger partial charge in [-0.25, -0.2) is 0 Å². The summed E-state index contributed by atoms with van der Waals surface area (Å²) < 4.78 is 10.8. The summed E-state index contributed by atoms with van der Waals surface area (Å²) in [6.45, 7) is -2.06. The predicted octanol–water partition coefficient (Wildman–Crippen LogP) is 0.292. The summed E-state index contributed by atoms with van der Waals surface area (Å²) in [5, 5.41) is 8.38. The molecule has 3 unspecified atom stereocenters. The fourth-order valence-electron chi connectivity index (χ4n) is 0.606. The number of rotatable bonds is 4. The largest absolute Gasteiger partial charge is 0.480 e. The Labute approximate surface area is 75.6 Å². The average molecular weight is 213 g/mol. The van der Waals surface area contributed by atoms with Crippen molar-refractivity contribution in [3.8, 4) is 0 Å². The molecule has 0 amide bonds. The van der Waals surface area contributed by atoms with Crippen molar-refractivity contribution in [1.29, 1.82) is 0 Å². The average Bonchev–Trinajstić information content (AvgIpc) is 1.85. The van der Waals surface area contributed by atoms with Gasteiger partial charge in [0.05, 0.1) is 0 Å². The maximum atomic E-state index is 10.8. The maximum Gasteiger partial charge on any atom is 0.320 e. The summed E-state index contributed by atoms with van der Waals surface area (Å²) in [6.07, 6.45) is -0.0490. The van der Waals surface area contributed by atoms with Gasteiger partial charge >= 0.3 is 5.97 Å². The van der Waals surface area contributed by atoms with Gasteiger partial charge < -0.3 is 15.7 Å². The fourth-order valence-corrected chi connectivity index (χ4v) is 1.39. The molecule has 72 valence electrons. The molecule has 0 heterocycles. The van der Waals surface area contributed by atoms with Crippen molar-refractivity contribution in [2.75, 3.05) is 0 Å². The zero-order valence-corrected chi connectivity index (χ0v) is 8.33. The molecule has 0 radical (unpaired) electrons. The van der Waals surface area contributed by atoms with Crippen LogP contribution in [0.5, 0.6) is 0 Å². The van der Waals surface area contributed by atoms with E-state index in [1.807, 2.05) is 0 Å². The van der Waals surface area contributed by atoms with E-state index in [2.05, 4.69) is 12.2 Å². The lowest BCUT2D eigenvalue weighted by Gasteiger charge is -2.15. The minimum atomic E-state index is -3.50. The van der Waals surface area contributed by atoms with Crippen LogP contribution in [0.15, 0.2) is 0 Å². The molecule has 0 saturated heterocycles. The Hall–Kier alpha value is -0.0300. The SMILES string of the molecule is CC(CC(N)C(=O)O)P(=O)(O)S. The molecule has 0 spiro atoms. The second kappa shape index (κ2) is 4.28. The first kappa shape index (κ1) is 12.0. The Bertz CT molecular complexity index is 215. The van der Waals surface area contributed by atoms with Crippen LogP contribution in [0.1, 0.15) is 13.3 Å². The van der Waals surface area contributed by atoms with Crippen molar-refractivity contribution in [1.82, 2.24) is 0 Å². The molecule has 3 atom stereocenters. The van der Waals surface area contributed by atoms with Gasteiger partial charge in [0.2, 0.25) is 0 Å². The second-order valence-electron chi connectivity index (χ2n) is 2.62.